The number of methoxy groups -OCH3 is 1. The van der Waals surface area contributed by atoms with Gasteiger partial charge in [0.1, 0.15) is 6.17 Å². The number of rotatable bonds is 5. The molecule has 1 aromatic rings. The number of ether oxygens (including phenoxy) is 1. The van der Waals surface area contributed by atoms with Crippen LogP contribution < -0.4 is 5.32 Å². The van der Waals surface area contributed by atoms with Gasteiger partial charge in [-0.15, -0.1) is 0 Å². The maximum Gasteiger partial charge on any atom is 0.238 e. The van der Waals surface area contributed by atoms with E-state index in [9.17, 15) is 4.79 Å². The highest BCUT2D eigenvalue weighted by molar-refractivity contribution is 5.81. The Labute approximate surface area is 114 Å². The zero-order valence-corrected chi connectivity index (χ0v) is 11.8. The van der Waals surface area contributed by atoms with Crippen LogP contribution >= 0.6 is 0 Å². The minimum absolute atomic E-state index is 0.00703. The second-order valence-corrected chi connectivity index (χ2v) is 5.30. The number of benzene rings is 1. The summed E-state index contributed by atoms with van der Waals surface area (Å²) < 4.78 is 5.15. The number of aryl methyl sites for hydroxylation is 1. The Balaban J connectivity index is 2.10. The first-order valence-electron chi connectivity index (χ1n) is 6.70. The van der Waals surface area contributed by atoms with Crippen molar-refractivity contribution in [2.75, 3.05) is 26.8 Å². The van der Waals surface area contributed by atoms with Crippen molar-refractivity contribution in [3.05, 3.63) is 35.4 Å². The van der Waals surface area contributed by atoms with E-state index in [4.69, 9.17) is 4.74 Å². The number of nitrogens with one attached hydrogen (secondary N) is 1. The highest BCUT2D eigenvalue weighted by Crippen LogP contribution is 2.23. The Morgan fingerprint density at radius 3 is 2.74 bits per heavy atom. The van der Waals surface area contributed by atoms with Gasteiger partial charge < -0.3 is 9.64 Å². The molecule has 104 valence electrons. The summed E-state index contributed by atoms with van der Waals surface area (Å²) in [7, 11) is 1.69. The highest BCUT2D eigenvalue weighted by Gasteiger charge is 2.32. The molecule has 19 heavy (non-hydrogen) atoms. The lowest BCUT2D eigenvalue weighted by atomic mass is 10.1. The molecule has 1 saturated heterocycles. The van der Waals surface area contributed by atoms with Crippen LogP contribution in [0.25, 0.3) is 0 Å². The van der Waals surface area contributed by atoms with Gasteiger partial charge in [-0.3, -0.25) is 10.1 Å². The van der Waals surface area contributed by atoms with Crippen molar-refractivity contribution < 1.29 is 9.53 Å². The number of carbonyl (C=O) groups excluding carboxylic acids is 1. The number of hydrogen-bond acceptors (Lipinski definition) is 3. The third kappa shape index (κ3) is 3.33. The quantitative estimate of drug-likeness (QED) is 0.878. The van der Waals surface area contributed by atoms with Gasteiger partial charge in [0, 0.05) is 13.7 Å². The van der Waals surface area contributed by atoms with Gasteiger partial charge in [0.05, 0.1) is 13.2 Å². The molecule has 0 spiro atoms. The molecule has 1 aliphatic rings. The van der Waals surface area contributed by atoms with Gasteiger partial charge in [0.2, 0.25) is 5.91 Å². The molecule has 2 rings (SSSR count). The van der Waals surface area contributed by atoms with Crippen LogP contribution in [0.2, 0.25) is 0 Å². The van der Waals surface area contributed by atoms with E-state index in [-0.39, 0.29) is 12.1 Å². The molecule has 1 N–H and O–H groups in total. The van der Waals surface area contributed by atoms with Crippen LogP contribution in [0.5, 0.6) is 0 Å². The predicted molar refractivity (Wildman–Crippen MR) is 74.7 cm³/mol. The molecule has 0 bridgehead atoms. The minimum atomic E-state index is -0.00703. The summed E-state index contributed by atoms with van der Waals surface area (Å²) in [5.74, 6) is 0.496. The van der Waals surface area contributed by atoms with E-state index in [0.717, 1.165) is 12.1 Å². The topological polar surface area (TPSA) is 41.6 Å². The zero-order chi connectivity index (χ0) is 13.8. The molecule has 0 aliphatic carbocycles. The van der Waals surface area contributed by atoms with Crippen LogP contribution in [-0.4, -0.2) is 37.6 Å². The van der Waals surface area contributed by atoms with Crippen molar-refractivity contribution in [2.24, 2.45) is 5.92 Å². The summed E-state index contributed by atoms with van der Waals surface area (Å²) in [4.78, 5) is 13.9. The molecule has 1 fully saturated rings. The molecule has 1 aromatic carbocycles. The number of nitrogens with zero attached hydrogens (tertiary/aromatic N) is 1. The van der Waals surface area contributed by atoms with E-state index in [0.29, 0.717) is 19.1 Å². The first-order valence-corrected chi connectivity index (χ1v) is 6.70. The Kier molecular flexibility index (Phi) is 4.56. The first kappa shape index (κ1) is 14.0. The van der Waals surface area contributed by atoms with E-state index in [2.05, 4.69) is 43.4 Å². The summed E-state index contributed by atoms with van der Waals surface area (Å²) in [6.07, 6.45) is -0.00703. The molecule has 0 radical (unpaired) electrons. The lowest BCUT2D eigenvalue weighted by molar-refractivity contribution is -0.128. The molecule has 1 heterocycles. The van der Waals surface area contributed by atoms with Crippen LogP contribution in [0.15, 0.2) is 24.3 Å². The van der Waals surface area contributed by atoms with Crippen molar-refractivity contribution in [1.82, 2.24) is 10.2 Å². The Hall–Kier alpha value is -1.39. The fourth-order valence-corrected chi connectivity index (χ4v) is 2.47. The molecule has 4 nitrogen and oxygen atoms in total. The molecule has 0 saturated carbocycles. The number of amides is 1. The van der Waals surface area contributed by atoms with E-state index < -0.39 is 0 Å². The van der Waals surface area contributed by atoms with Crippen molar-refractivity contribution in [2.45, 2.75) is 20.0 Å². The van der Waals surface area contributed by atoms with Gasteiger partial charge in [0.25, 0.3) is 0 Å². The third-order valence-corrected chi connectivity index (χ3v) is 3.43. The van der Waals surface area contributed by atoms with E-state index in [1.165, 1.54) is 5.56 Å². The lowest BCUT2D eigenvalue weighted by Gasteiger charge is -2.27. The van der Waals surface area contributed by atoms with Crippen molar-refractivity contribution >= 4 is 5.91 Å². The maximum absolute atomic E-state index is 12.0. The molecular formula is C15H22N2O2. The molecule has 4 heteroatoms. The van der Waals surface area contributed by atoms with Crippen molar-refractivity contribution in [3.8, 4) is 0 Å². The van der Waals surface area contributed by atoms with Crippen molar-refractivity contribution in [3.63, 3.8) is 0 Å². The number of carbonyl (C=O) groups is 1. The first-order chi connectivity index (χ1) is 9.11. The maximum atomic E-state index is 12.0. The minimum Gasteiger partial charge on any atom is -0.384 e. The van der Waals surface area contributed by atoms with Crippen LogP contribution in [0.4, 0.5) is 0 Å². The molecule has 1 aliphatic heterocycles. The predicted octanol–water partition coefficient (Wildman–Crippen LogP) is 1.71. The van der Waals surface area contributed by atoms with Gasteiger partial charge in [0.15, 0.2) is 0 Å². The van der Waals surface area contributed by atoms with Gasteiger partial charge in [-0.2, -0.15) is 0 Å². The van der Waals surface area contributed by atoms with E-state index in [1.54, 1.807) is 7.11 Å². The smallest absolute Gasteiger partial charge is 0.238 e. The molecule has 2 atom stereocenters. The largest absolute Gasteiger partial charge is 0.384 e. The molecule has 0 aromatic heterocycles. The lowest BCUT2D eigenvalue weighted by Crippen LogP contribution is -2.35. The summed E-state index contributed by atoms with van der Waals surface area (Å²) in [6, 6.07) is 8.33. The van der Waals surface area contributed by atoms with Crippen LogP contribution in [0.1, 0.15) is 24.2 Å². The molecule has 2 unspecified atom stereocenters. The molecular weight excluding hydrogens is 240 g/mol. The zero-order valence-electron chi connectivity index (χ0n) is 11.8. The van der Waals surface area contributed by atoms with Gasteiger partial charge in [-0.25, -0.2) is 0 Å². The summed E-state index contributed by atoms with van der Waals surface area (Å²) in [5.41, 5.74) is 2.37. The Bertz CT molecular complexity index is 430. The van der Waals surface area contributed by atoms with Crippen LogP contribution in [-0.2, 0) is 9.53 Å². The summed E-state index contributed by atoms with van der Waals surface area (Å²) >= 11 is 0. The van der Waals surface area contributed by atoms with Crippen LogP contribution in [0.3, 0.4) is 0 Å². The van der Waals surface area contributed by atoms with E-state index >= 15 is 0 Å². The van der Waals surface area contributed by atoms with E-state index in [1.807, 2.05) is 4.90 Å². The molecule has 1 amide bonds. The number of hydrogen-bond donors (Lipinski definition) is 1. The standard InChI is InChI=1S/C15H22N2O2/c1-11-4-6-13(7-5-11)15-16-8-14(18)17(15)9-12(2)10-19-3/h4-7,12,15-16H,8-10H2,1-3H3. The summed E-state index contributed by atoms with van der Waals surface area (Å²) in [5, 5.41) is 3.28. The normalized spacial score (nSPS) is 20.9. The SMILES string of the molecule is COCC(C)CN1C(=O)CNC1c1ccc(C)cc1. The van der Waals surface area contributed by atoms with Gasteiger partial charge in [-0.1, -0.05) is 36.8 Å². The monoisotopic (exact) mass is 262 g/mol. The van der Waals surface area contributed by atoms with Gasteiger partial charge in [-0.05, 0) is 18.4 Å². The Morgan fingerprint density at radius 1 is 1.42 bits per heavy atom. The highest BCUT2D eigenvalue weighted by atomic mass is 16.5. The van der Waals surface area contributed by atoms with Crippen molar-refractivity contribution in [1.29, 1.82) is 0 Å². The second-order valence-electron chi connectivity index (χ2n) is 5.30. The summed E-state index contributed by atoms with van der Waals surface area (Å²) in [6.45, 7) is 5.97. The average Bonchev–Trinajstić information content (AvgIpc) is 2.73. The Morgan fingerprint density at radius 2 is 2.11 bits per heavy atom. The fraction of sp³-hybridized carbons (Fsp3) is 0.533. The van der Waals surface area contributed by atoms with Crippen LogP contribution in [0, 0.1) is 12.8 Å². The average molecular weight is 262 g/mol. The van der Waals surface area contributed by atoms with Gasteiger partial charge >= 0.3 is 0 Å². The second kappa shape index (κ2) is 6.17. The fourth-order valence-electron chi connectivity index (χ4n) is 2.47. The third-order valence-electron chi connectivity index (χ3n) is 3.43.